The minimum Gasteiger partial charge on any atom is -0.455 e. The molecule has 2 N–H and O–H groups in total. The Morgan fingerprint density at radius 1 is 1.23 bits per heavy atom. The van der Waals surface area contributed by atoms with Crippen LogP contribution in [-0.2, 0) is 23.9 Å². The maximum Gasteiger partial charge on any atom is 0.311 e. The highest BCUT2D eigenvalue weighted by Gasteiger charge is 2.37. The summed E-state index contributed by atoms with van der Waals surface area (Å²) in [4.78, 5) is 48.7. The molecule has 0 aliphatic carbocycles. The van der Waals surface area contributed by atoms with Crippen LogP contribution in [0, 0.1) is 19.8 Å². The summed E-state index contributed by atoms with van der Waals surface area (Å²) in [6.45, 7) is 3.45. The van der Waals surface area contributed by atoms with Crippen LogP contribution < -0.4 is 15.5 Å². The molecule has 3 amide bonds. The summed E-state index contributed by atoms with van der Waals surface area (Å²) in [6.07, 6.45) is 0.0477. The highest BCUT2D eigenvalue weighted by atomic mass is 16.5. The van der Waals surface area contributed by atoms with Gasteiger partial charge in [-0.3, -0.25) is 19.2 Å². The van der Waals surface area contributed by atoms with E-state index in [1.54, 1.807) is 4.90 Å². The summed E-state index contributed by atoms with van der Waals surface area (Å²) >= 11 is 0. The summed E-state index contributed by atoms with van der Waals surface area (Å²) in [5, 5.41) is 4.69. The molecule has 1 fully saturated rings. The molecule has 1 aliphatic heterocycles. The number of carbonyl (C=O) groups excluding carboxylic acids is 4. The van der Waals surface area contributed by atoms with Gasteiger partial charge in [0.25, 0.3) is 5.91 Å². The van der Waals surface area contributed by atoms with Crippen molar-refractivity contribution in [3.05, 3.63) is 29.3 Å². The lowest BCUT2D eigenvalue weighted by Crippen LogP contribution is -2.37. The fraction of sp³-hybridized carbons (Fsp3) is 0.444. The average molecular weight is 361 g/mol. The molecular weight excluding hydrogens is 338 g/mol. The van der Waals surface area contributed by atoms with E-state index in [1.807, 2.05) is 32.0 Å². The summed E-state index contributed by atoms with van der Waals surface area (Å²) in [6, 6.07) is 5.68. The number of anilines is 1. The molecule has 2 rings (SSSR count). The zero-order valence-electron chi connectivity index (χ0n) is 15.1. The zero-order chi connectivity index (χ0) is 19.3. The fourth-order valence-corrected chi connectivity index (χ4v) is 2.70. The second kappa shape index (κ2) is 8.46. The van der Waals surface area contributed by atoms with Gasteiger partial charge in [-0.2, -0.15) is 0 Å². The first-order valence-electron chi connectivity index (χ1n) is 8.34. The molecule has 0 aromatic heterocycles. The summed E-state index contributed by atoms with van der Waals surface area (Å²) in [5.74, 6) is -2.28. The first-order valence-corrected chi connectivity index (χ1v) is 8.34. The molecule has 1 aliphatic rings. The first kappa shape index (κ1) is 19.4. The van der Waals surface area contributed by atoms with Gasteiger partial charge in [0.1, 0.15) is 0 Å². The largest absolute Gasteiger partial charge is 0.455 e. The predicted octanol–water partition coefficient (Wildman–Crippen LogP) is 0.0617. The van der Waals surface area contributed by atoms with E-state index in [1.165, 1.54) is 7.05 Å². The van der Waals surface area contributed by atoms with Crippen molar-refractivity contribution in [1.29, 1.82) is 0 Å². The van der Waals surface area contributed by atoms with E-state index in [-0.39, 0.29) is 31.3 Å². The van der Waals surface area contributed by atoms with Crippen molar-refractivity contribution in [1.82, 2.24) is 10.6 Å². The number of nitrogens with one attached hydrogen (secondary N) is 2. The maximum absolute atomic E-state index is 12.3. The quantitative estimate of drug-likeness (QED) is 0.697. The van der Waals surface area contributed by atoms with Gasteiger partial charge < -0.3 is 20.3 Å². The van der Waals surface area contributed by atoms with Crippen LogP contribution in [-0.4, -0.2) is 50.4 Å². The number of amides is 3. The molecule has 1 heterocycles. The highest BCUT2D eigenvalue weighted by Crippen LogP contribution is 2.29. The van der Waals surface area contributed by atoms with Crippen molar-refractivity contribution in [3.8, 4) is 0 Å². The van der Waals surface area contributed by atoms with Gasteiger partial charge in [-0.25, -0.2) is 0 Å². The molecule has 0 bridgehead atoms. The molecule has 1 aromatic carbocycles. The minimum atomic E-state index is -0.617. The Morgan fingerprint density at radius 2 is 1.96 bits per heavy atom. The van der Waals surface area contributed by atoms with Gasteiger partial charge >= 0.3 is 5.97 Å². The lowest BCUT2D eigenvalue weighted by molar-refractivity contribution is -0.152. The van der Waals surface area contributed by atoms with Crippen LogP contribution in [0.4, 0.5) is 5.69 Å². The van der Waals surface area contributed by atoms with Crippen LogP contribution >= 0.6 is 0 Å². The van der Waals surface area contributed by atoms with Gasteiger partial charge in [-0.15, -0.1) is 0 Å². The molecule has 8 nitrogen and oxygen atoms in total. The van der Waals surface area contributed by atoms with Crippen LogP contribution in [0.25, 0.3) is 0 Å². The predicted molar refractivity (Wildman–Crippen MR) is 94.4 cm³/mol. The molecule has 1 saturated heterocycles. The Labute approximate surface area is 151 Å². The SMILES string of the molecule is CNC(=O)CNC(=O)COC(=O)[C@H]1CC(=O)N(c2cccc(C)c2C)C1. The topological polar surface area (TPSA) is 105 Å². The van der Waals surface area contributed by atoms with Crippen LogP contribution in [0.5, 0.6) is 0 Å². The summed E-state index contributed by atoms with van der Waals surface area (Å²) in [5.41, 5.74) is 2.84. The van der Waals surface area contributed by atoms with E-state index in [0.29, 0.717) is 0 Å². The molecule has 1 atom stereocenters. The van der Waals surface area contributed by atoms with E-state index < -0.39 is 24.4 Å². The van der Waals surface area contributed by atoms with Crippen molar-refractivity contribution in [3.63, 3.8) is 0 Å². The van der Waals surface area contributed by atoms with Crippen LogP contribution in [0.2, 0.25) is 0 Å². The van der Waals surface area contributed by atoms with Crippen LogP contribution in [0.15, 0.2) is 18.2 Å². The summed E-state index contributed by atoms with van der Waals surface area (Å²) < 4.78 is 4.98. The van der Waals surface area contributed by atoms with Gasteiger partial charge in [0.15, 0.2) is 6.61 Å². The number of esters is 1. The Hall–Kier alpha value is -2.90. The number of likely N-dealkylation sites (N-methyl/N-ethyl adjacent to an activating group) is 1. The van der Waals surface area contributed by atoms with Gasteiger partial charge in [0.2, 0.25) is 11.8 Å². The maximum atomic E-state index is 12.3. The summed E-state index contributed by atoms with van der Waals surface area (Å²) in [7, 11) is 1.45. The monoisotopic (exact) mass is 361 g/mol. The third-order valence-corrected chi connectivity index (χ3v) is 4.40. The van der Waals surface area contributed by atoms with Crippen LogP contribution in [0.1, 0.15) is 17.5 Å². The smallest absolute Gasteiger partial charge is 0.311 e. The lowest BCUT2D eigenvalue weighted by atomic mass is 10.1. The fourth-order valence-electron chi connectivity index (χ4n) is 2.70. The molecule has 1 aromatic rings. The first-order chi connectivity index (χ1) is 12.3. The number of hydrogen-bond acceptors (Lipinski definition) is 5. The molecule has 26 heavy (non-hydrogen) atoms. The number of benzene rings is 1. The molecule has 0 saturated carbocycles. The third-order valence-electron chi connectivity index (χ3n) is 4.40. The van der Waals surface area contributed by atoms with Crippen molar-refractivity contribution in [2.75, 3.05) is 31.6 Å². The molecular formula is C18H23N3O5. The minimum absolute atomic E-state index is 0.0477. The van der Waals surface area contributed by atoms with Crippen molar-refractivity contribution in [2.24, 2.45) is 5.92 Å². The Bertz CT molecular complexity index is 732. The van der Waals surface area contributed by atoms with Crippen molar-refractivity contribution >= 4 is 29.4 Å². The number of carbonyl (C=O) groups is 4. The number of hydrogen-bond donors (Lipinski definition) is 2. The van der Waals surface area contributed by atoms with Crippen molar-refractivity contribution < 1.29 is 23.9 Å². The molecule has 140 valence electrons. The Balaban J connectivity index is 1.89. The second-order valence-electron chi connectivity index (χ2n) is 6.18. The lowest BCUT2D eigenvalue weighted by Gasteiger charge is -2.20. The van der Waals surface area contributed by atoms with Gasteiger partial charge in [-0.05, 0) is 31.0 Å². The standard InChI is InChI=1S/C18H23N3O5/c1-11-5-4-6-14(12(11)2)21-9-13(7-17(21)24)18(25)26-10-16(23)20-8-15(22)19-3/h4-6,13H,7-10H2,1-3H3,(H,19,22)(H,20,23)/t13-/m0/s1. The van der Waals surface area contributed by atoms with Crippen molar-refractivity contribution in [2.45, 2.75) is 20.3 Å². The molecule has 8 heteroatoms. The molecule has 0 unspecified atom stereocenters. The highest BCUT2D eigenvalue weighted by molar-refractivity contribution is 6.00. The number of rotatable bonds is 6. The second-order valence-corrected chi connectivity index (χ2v) is 6.18. The number of ether oxygens (including phenoxy) is 1. The number of nitrogens with zero attached hydrogens (tertiary/aromatic N) is 1. The third kappa shape index (κ3) is 4.59. The van der Waals surface area contributed by atoms with Gasteiger partial charge in [-0.1, -0.05) is 12.1 Å². The molecule has 0 radical (unpaired) electrons. The Morgan fingerprint density at radius 3 is 2.65 bits per heavy atom. The van der Waals surface area contributed by atoms with Gasteiger partial charge in [0.05, 0.1) is 12.5 Å². The molecule has 0 spiro atoms. The van der Waals surface area contributed by atoms with Crippen LogP contribution in [0.3, 0.4) is 0 Å². The van der Waals surface area contributed by atoms with E-state index in [4.69, 9.17) is 4.74 Å². The van der Waals surface area contributed by atoms with E-state index in [9.17, 15) is 19.2 Å². The normalized spacial score (nSPS) is 16.3. The number of aryl methyl sites for hydroxylation is 1. The van der Waals surface area contributed by atoms with Gasteiger partial charge in [0, 0.05) is 25.7 Å². The van der Waals surface area contributed by atoms with E-state index in [0.717, 1.165) is 16.8 Å². The van der Waals surface area contributed by atoms with E-state index >= 15 is 0 Å². The zero-order valence-corrected chi connectivity index (χ0v) is 15.1. The Kier molecular flexibility index (Phi) is 6.32. The average Bonchev–Trinajstić information content (AvgIpc) is 3.01. The van der Waals surface area contributed by atoms with E-state index in [2.05, 4.69) is 10.6 Å².